The smallest absolute Gasteiger partial charge is 0.318 e. The van der Waals surface area contributed by atoms with Gasteiger partial charge in [-0.15, -0.1) is 0 Å². The van der Waals surface area contributed by atoms with E-state index in [1.54, 1.807) is 6.92 Å². The topological polar surface area (TPSA) is 38.7 Å². The molecule has 0 atom stereocenters. The molecule has 0 N–H and O–H groups in total. The molecule has 0 aliphatic carbocycles. The normalized spacial score (nSPS) is 11.2. The van der Waals surface area contributed by atoms with Crippen LogP contribution in [0, 0.1) is 0 Å². The van der Waals surface area contributed by atoms with Gasteiger partial charge in [-0.05, 0) is 24.6 Å². The van der Waals surface area contributed by atoms with Crippen molar-refractivity contribution in [2.75, 3.05) is 0 Å². The minimum absolute atomic E-state index is 0.415. The monoisotopic (exact) mass is 255 g/mol. The zero-order chi connectivity index (χ0) is 10.6. The first-order valence-corrected chi connectivity index (χ1v) is 4.87. The zero-order valence-electron chi connectivity index (χ0n) is 7.95. The Kier molecular flexibility index (Phi) is 3.83. The van der Waals surface area contributed by atoms with E-state index in [0.717, 1.165) is 10.0 Å². The first-order valence-electron chi connectivity index (χ1n) is 4.07. The molecule has 0 unspecified atom stereocenters. The summed E-state index contributed by atoms with van der Waals surface area (Å²) in [5.41, 5.74) is 1.60. The van der Waals surface area contributed by atoms with Crippen molar-refractivity contribution >= 4 is 27.6 Å². The van der Waals surface area contributed by atoms with Crippen LogP contribution in [0.1, 0.15) is 19.4 Å². The van der Waals surface area contributed by atoms with Gasteiger partial charge in [0, 0.05) is 11.4 Å². The lowest BCUT2D eigenvalue weighted by molar-refractivity contribution is -0.140. The van der Waals surface area contributed by atoms with Gasteiger partial charge in [-0.3, -0.25) is 0 Å². The minimum Gasteiger partial charge on any atom is -0.318 e. The van der Waals surface area contributed by atoms with Crippen molar-refractivity contribution in [3.8, 4) is 0 Å². The maximum absolute atomic E-state index is 10.5. The number of hydrogen-bond donors (Lipinski definition) is 0. The third-order valence-electron chi connectivity index (χ3n) is 1.57. The van der Waals surface area contributed by atoms with Crippen molar-refractivity contribution in [1.29, 1.82) is 0 Å². The van der Waals surface area contributed by atoms with Gasteiger partial charge in [0.05, 0.1) is 5.71 Å². The van der Waals surface area contributed by atoms with Gasteiger partial charge in [-0.1, -0.05) is 33.2 Å². The summed E-state index contributed by atoms with van der Waals surface area (Å²) in [5, 5.41) is 3.68. The molecule has 0 fully saturated rings. The summed E-state index contributed by atoms with van der Waals surface area (Å²) < 4.78 is 1.00. The average molecular weight is 256 g/mol. The molecule has 0 amide bonds. The van der Waals surface area contributed by atoms with E-state index in [1.807, 2.05) is 24.3 Å². The predicted molar refractivity (Wildman–Crippen MR) is 58.1 cm³/mol. The molecule has 0 bridgehead atoms. The van der Waals surface area contributed by atoms with E-state index in [4.69, 9.17) is 0 Å². The van der Waals surface area contributed by atoms with Crippen molar-refractivity contribution in [1.82, 2.24) is 0 Å². The number of hydrogen-bond acceptors (Lipinski definition) is 3. The molecule has 1 aromatic carbocycles. The van der Waals surface area contributed by atoms with Gasteiger partial charge >= 0.3 is 5.97 Å². The molecule has 1 aromatic rings. The molecule has 4 heteroatoms. The number of carbonyl (C=O) groups excluding carboxylic acids is 1. The van der Waals surface area contributed by atoms with Crippen molar-refractivity contribution in [2.45, 2.75) is 13.8 Å². The lowest BCUT2D eigenvalue weighted by atomic mass is 10.1. The summed E-state index contributed by atoms with van der Waals surface area (Å²) in [5.74, 6) is -0.415. The summed E-state index contributed by atoms with van der Waals surface area (Å²) in [7, 11) is 0. The minimum atomic E-state index is -0.415. The molecule has 1 rings (SSSR count). The third-order valence-corrected chi connectivity index (χ3v) is 2.10. The van der Waals surface area contributed by atoms with Crippen LogP contribution in [0.25, 0.3) is 0 Å². The Morgan fingerprint density at radius 3 is 2.36 bits per heavy atom. The molecule has 74 valence electrons. The second kappa shape index (κ2) is 4.91. The number of oxime groups is 1. The van der Waals surface area contributed by atoms with E-state index >= 15 is 0 Å². The quantitative estimate of drug-likeness (QED) is 0.463. The van der Waals surface area contributed by atoms with Crippen LogP contribution in [0.2, 0.25) is 0 Å². The van der Waals surface area contributed by atoms with Gasteiger partial charge in [0.2, 0.25) is 0 Å². The van der Waals surface area contributed by atoms with E-state index in [2.05, 4.69) is 25.9 Å². The Bertz CT molecular complexity index is 357. The number of carbonyl (C=O) groups is 1. The van der Waals surface area contributed by atoms with Crippen LogP contribution in [-0.2, 0) is 9.63 Å². The second-order valence-corrected chi connectivity index (χ2v) is 3.68. The molecule has 14 heavy (non-hydrogen) atoms. The highest BCUT2D eigenvalue weighted by Crippen LogP contribution is 2.11. The molecule has 0 aromatic heterocycles. The second-order valence-electron chi connectivity index (χ2n) is 2.77. The molecule has 0 aliphatic rings. The van der Waals surface area contributed by atoms with Gasteiger partial charge < -0.3 is 4.84 Å². The van der Waals surface area contributed by atoms with Crippen molar-refractivity contribution in [2.24, 2.45) is 5.16 Å². The molecule has 0 radical (unpaired) electrons. The van der Waals surface area contributed by atoms with Crippen molar-refractivity contribution in [3.05, 3.63) is 34.3 Å². The fourth-order valence-corrected chi connectivity index (χ4v) is 1.14. The van der Waals surface area contributed by atoms with Gasteiger partial charge in [-0.2, -0.15) is 0 Å². The SMILES string of the molecule is CC(=O)ON=C(C)c1ccc(Br)cc1. The highest BCUT2D eigenvalue weighted by molar-refractivity contribution is 9.10. The van der Waals surface area contributed by atoms with Crippen molar-refractivity contribution in [3.63, 3.8) is 0 Å². The van der Waals surface area contributed by atoms with Crippen LogP contribution >= 0.6 is 15.9 Å². The number of benzene rings is 1. The summed E-state index contributed by atoms with van der Waals surface area (Å²) in [6.45, 7) is 3.10. The summed E-state index contributed by atoms with van der Waals surface area (Å²) in [6, 6.07) is 7.60. The fraction of sp³-hybridized carbons (Fsp3) is 0.200. The lowest BCUT2D eigenvalue weighted by Gasteiger charge is -1.99. The van der Waals surface area contributed by atoms with Crippen LogP contribution in [-0.4, -0.2) is 11.7 Å². The molecule has 0 saturated heterocycles. The van der Waals surface area contributed by atoms with Crippen molar-refractivity contribution < 1.29 is 9.63 Å². The van der Waals surface area contributed by atoms with E-state index in [9.17, 15) is 4.79 Å². The number of halogens is 1. The van der Waals surface area contributed by atoms with E-state index in [1.165, 1.54) is 6.92 Å². The lowest BCUT2D eigenvalue weighted by Crippen LogP contribution is -1.98. The number of nitrogens with zero attached hydrogens (tertiary/aromatic N) is 1. The molecule has 0 aliphatic heterocycles. The molecule has 3 nitrogen and oxygen atoms in total. The van der Waals surface area contributed by atoms with Gasteiger partial charge in [0.1, 0.15) is 0 Å². The predicted octanol–water partition coefficient (Wildman–Crippen LogP) is 2.74. The van der Waals surface area contributed by atoms with Gasteiger partial charge in [0.25, 0.3) is 0 Å². The zero-order valence-corrected chi connectivity index (χ0v) is 9.54. The maximum Gasteiger partial charge on any atom is 0.331 e. The largest absolute Gasteiger partial charge is 0.331 e. The molecular formula is C10H10BrNO2. The van der Waals surface area contributed by atoms with Gasteiger partial charge in [0.15, 0.2) is 0 Å². The Labute approximate surface area is 90.9 Å². The third kappa shape index (κ3) is 3.30. The average Bonchev–Trinajstić information content (AvgIpc) is 2.15. The Hall–Kier alpha value is -1.16. The van der Waals surface area contributed by atoms with Gasteiger partial charge in [-0.25, -0.2) is 4.79 Å². The molecule has 0 saturated carbocycles. The Balaban J connectivity index is 2.78. The van der Waals surface area contributed by atoms with E-state index in [0.29, 0.717) is 5.71 Å². The van der Waals surface area contributed by atoms with Crippen LogP contribution < -0.4 is 0 Å². The first-order chi connectivity index (χ1) is 6.59. The van der Waals surface area contributed by atoms with E-state index in [-0.39, 0.29) is 0 Å². The summed E-state index contributed by atoms with van der Waals surface area (Å²) in [4.78, 5) is 15.0. The van der Waals surface area contributed by atoms with Crippen LogP contribution in [0.3, 0.4) is 0 Å². The maximum atomic E-state index is 10.5. The summed E-state index contributed by atoms with van der Waals surface area (Å²) in [6.07, 6.45) is 0. The highest BCUT2D eigenvalue weighted by atomic mass is 79.9. The van der Waals surface area contributed by atoms with E-state index < -0.39 is 5.97 Å². The molecule has 0 heterocycles. The molecular weight excluding hydrogens is 246 g/mol. The summed E-state index contributed by atoms with van der Waals surface area (Å²) >= 11 is 3.33. The highest BCUT2D eigenvalue weighted by Gasteiger charge is 1.98. The Morgan fingerprint density at radius 1 is 1.29 bits per heavy atom. The molecule has 0 spiro atoms. The number of rotatable bonds is 2. The fourth-order valence-electron chi connectivity index (χ4n) is 0.877. The standard InChI is InChI=1S/C10H10BrNO2/c1-7(12-14-8(2)13)9-3-5-10(11)6-4-9/h3-6H,1-2H3. The van der Waals surface area contributed by atoms with Crippen LogP contribution in [0.15, 0.2) is 33.9 Å². The van der Waals surface area contributed by atoms with Crippen LogP contribution in [0.4, 0.5) is 0 Å². The Morgan fingerprint density at radius 2 is 1.86 bits per heavy atom. The first kappa shape index (κ1) is 10.9. The van der Waals surface area contributed by atoms with Crippen LogP contribution in [0.5, 0.6) is 0 Å².